The molecule has 0 radical (unpaired) electrons. The summed E-state index contributed by atoms with van der Waals surface area (Å²) >= 11 is 0. The van der Waals surface area contributed by atoms with E-state index < -0.39 is 15.8 Å². The Morgan fingerprint density at radius 1 is 0.955 bits per heavy atom. The van der Waals surface area contributed by atoms with Crippen LogP contribution in [0.15, 0.2) is 54.9 Å². The first-order valence-corrected chi connectivity index (χ1v) is 8.13. The first kappa shape index (κ1) is 14.4. The molecule has 112 valence electrons. The van der Waals surface area contributed by atoms with Crippen LogP contribution in [-0.4, -0.2) is 18.4 Å². The van der Waals surface area contributed by atoms with Crippen LogP contribution in [-0.2, 0) is 15.8 Å². The Balaban J connectivity index is 1.81. The number of fused-ring (bicyclic) bond motifs is 1. The van der Waals surface area contributed by atoms with Crippen LogP contribution in [0, 0.1) is 5.82 Å². The third kappa shape index (κ3) is 3.37. The summed E-state index contributed by atoms with van der Waals surface area (Å²) < 4.78 is 39.6. The molecule has 1 N–H and O–H groups in total. The molecule has 0 amide bonds. The molecular weight excluding hydrogens is 305 g/mol. The summed E-state index contributed by atoms with van der Waals surface area (Å²) in [6, 6.07) is 10.3. The highest BCUT2D eigenvalue weighted by molar-refractivity contribution is 7.91. The second-order valence-corrected chi connectivity index (χ2v) is 6.47. The highest BCUT2D eigenvalue weighted by atomic mass is 32.2. The molecule has 0 bridgehead atoms. The van der Waals surface area contributed by atoms with E-state index in [-0.39, 0.29) is 5.75 Å². The topological polar surface area (TPSA) is 72.0 Å². The van der Waals surface area contributed by atoms with Crippen LogP contribution in [0.5, 0.6) is 0 Å². The zero-order chi connectivity index (χ0) is 15.6. The molecule has 0 atom stereocenters. The molecule has 7 heteroatoms. The van der Waals surface area contributed by atoms with Gasteiger partial charge in [-0.2, -0.15) is 0 Å². The monoisotopic (exact) mass is 317 g/mol. The number of nitrogens with one attached hydrogen (secondary N) is 1. The molecule has 0 saturated heterocycles. The van der Waals surface area contributed by atoms with Crippen molar-refractivity contribution in [3.63, 3.8) is 0 Å². The molecule has 22 heavy (non-hydrogen) atoms. The maximum Gasteiger partial charge on any atom is 0.236 e. The maximum absolute atomic E-state index is 12.8. The Hall–Kier alpha value is -2.54. The van der Waals surface area contributed by atoms with E-state index in [1.807, 2.05) is 0 Å². The Bertz CT molecular complexity index is 911. The Morgan fingerprint density at radius 2 is 1.64 bits per heavy atom. The van der Waals surface area contributed by atoms with Gasteiger partial charge in [0, 0.05) is 12.4 Å². The van der Waals surface area contributed by atoms with Gasteiger partial charge in [0.25, 0.3) is 0 Å². The first-order chi connectivity index (χ1) is 10.5. The van der Waals surface area contributed by atoms with Crippen LogP contribution >= 0.6 is 0 Å². The summed E-state index contributed by atoms with van der Waals surface area (Å²) in [5.41, 5.74) is 2.21. The van der Waals surface area contributed by atoms with Gasteiger partial charge in [0.15, 0.2) is 0 Å². The van der Waals surface area contributed by atoms with Crippen LogP contribution in [0.2, 0.25) is 0 Å². The number of nitrogens with zero attached hydrogens (tertiary/aromatic N) is 2. The fraction of sp³-hybridized carbons (Fsp3) is 0.0667. The van der Waals surface area contributed by atoms with Crippen molar-refractivity contribution in [2.75, 3.05) is 4.72 Å². The lowest BCUT2D eigenvalue weighted by molar-refractivity contribution is 0.600. The number of hydrogen-bond acceptors (Lipinski definition) is 4. The lowest BCUT2D eigenvalue weighted by Gasteiger charge is -2.08. The van der Waals surface area contributed by atoms with Gasteiger partial charge >= 0.3 is 0 Å². The molecule has 0 unspecified atom stereocenters. The van der Waals surface area contributed by atoms with Crippen molar-refractivity contribution in [3.05, 3.63) is 66.2 Å². The minimum atomic E-state index is -3.59. The Morgan fingerprint density at radius 3 is 2.36 bits per heavy atom. The fourth-order valence-electron chi connectivity index (χ4n) is 2.04. The molecule has 0 aliphatic rings. The van der Waals surface area contributed by atoms with Gasteiger partial charge in [0.1, 0.15) is 5.82 Å². The minimum Gasteiger partial charge on any atom is -0.283 e. The predicted molar refractivity (Wildman–Crippen MR) is 82.2 cm³/mol. The Labute approximate surface area is 126 Å². The normalized spacial score (nSPS) is 11.5. The predicted octanol–water partition coefficient (Wildman–Crippen LogP) is 2.71. The van der Waals surface area contributed by atoms with E-state index in [9.17, 15) is 12.8 Å². The third-order valence-corrected chi connectivity index (χ3v) is 4.27. The standard InChI is InChI=1S/C15H12FN3O2S/c16-12-3-1-11(2-4-12)10-22(20,21)19-13-5-6-14-15(9-13)18-8-7-17-14/h1-9,19H,10H2. The van der Waals surface area contributed by atoms with Gasteiger partial charge in [-0.1, -0.05) is 12.1 Å². The fourth-order valence-corrected chi connectivity index (χ4v) is 3.23. The summed E-state index contributed by atoms with van der Waals surface area (Å²) in [6.07, 6.45) is 3.11. The zero-order valence-electron chi connectivity index (χ0n) is 11.4. The number of halogens is 1. The summed E-state index contributed by atoms with van der Waals surface area (Å²) in [5.74, 6) is -0.631. The average molecular weight is 317 g/mol. The van der Waals surface area contributed by atoms with E-state index in [2.05, 4.69) is 14.7 Å². The molecule has 1 aromatic heterocycles. The highest BCUT2D eigenvalue weighted by Gasteiger charge is 2.12. The summed E-state index contributed by atoms with van der Waals surface area (Å²) in [7, 11) is -3.59. The SMILES string of the molecule is O=S(=O)(Cc1ccc(F)cc1)Nc1ccc2nccnc2c1. The highest BCUT2D eigenvalue weighted by Crippen LogP contribution is 2.17. The maximum atomic E-state index is 12.8. The largest absolute Gasteiger partial charge is 0.283 e. The average Bonchev–Trinajstić information content (AvgIpc) is 2.49. The van der Waals surface area contributed by atoms with Gasteiger partial charge in [-0.15, -0.1) is 0 Å². The van der Waals surface area contributed by atoms with Crippen molar-refractivity contribution in [2.24, 2.45) is 0 Å². The molecule has 2 aromatic carbocycles. The number of aromatic nitrogens is 2. The van der Waals surface area contributed by atoms with Crippen molar-refractivity contribution < 1.29 is 12.8 Å². The molecule has 5 nitrogen and oxygen atoms in total. The van der Waals surface area contributed by atoms with Crippen molar-refractivity contribution in [1.29, 1.82) is 0 Å². The molecule has 0 aliphatic heterocycles. The van der Waals surface area contributed by atoms with Crippen LogP contribution in [0.3, 0.4) is 0 Å². The van der Waals surface area contributed by atoms with Crippen LogP contribution in [0.25, 0.3) is 11.0 Å². The van der Waals surface area contributed by atoms with Gasteiger partial charge in [0.05, 0.1) is 22.5 Å². The van der Waals surface area contributed by atoms with Crippen molar-refractivity contribution in [3.8, 4) is 0 Å². The van der Waals surface area contributed by atoms with E-state index in [1.54, 1.807) is 30.6 Å². The van der Waals surface area contributed by atoms with Gasteiger partial charge in [-0.3, -0.25) is 14.7 Å². The van der Waals surface area contributed by atoms with E-state index >= 15 is 0 Å². The van der Waals surface area contributed by atoms with E-state index in [4.69, 9.17) is 0 Å². The summed E-state index contributed by atoms with van der Waals surface area (Å²) in [5, 5.41) is 0. The summed E-state index contributed by atoms with van der Waals surface area (Å²) in [6.45, 7) is 0. The molecule has 0 fully saturated rings. The first-order valence-electron chi connectivity index (χ1n) is 6.48. The van der Waals surface area contributed by atoms with Crippen molar-refractivity contribution >= 4 is 26.7 Å². The zero-order valence-corrected chi connectivity index (χ0v) is 12.2. The van der Waals surface area contributed by atoms with Crippen LogP contribution < -0.4 is 4.72 Å². The molecular formula is C15H12FN3O2S. The Kier molecular flexibility index (Phi) is 3.72. The quantitative estimate of drug-likeness (QED) is 0.803. The van der Waals surface area contributed by atoms with Gasteiger partial charge in [-0.25, -0.2) is 12.8 Å². The number of benzene rings is 2. The number of sulfonamides is 1. The minimum absolute atomic E-state index is 0.230. The molecule has 3 aromatic rings. The van der Waals surface area contributed by atoms with E-state index in [0.717, 1.165) is 0 Å². The van der Waals surface area contributed by atoms with Crippen LogP contribution in [0.1, 0.15) is 5.56 Å². The molecule has 3 rings (SSSR count). The summed E-state index contributed by atoms with van der Waals surface area (Å²) in [4.78, 5) is 8.25. The third-order valence-electron chi connectivity index (χ3n) is 3.01. The van der Waals surface area contributed by atoms with Gasteiger partial charge in [0.2, 0.25) is 10.0 Å². The smallest absolute Gasteiger partial charge is 0.236 e. The molecule has 0 aliphatic carbocycles. The van der Waals surface area contributed by atoms with Crippen molar-refractivity contribution in [2.45, 2.75) is 5.75 Å². The number of rotatable bonds is 4. The number of anilines is 1. The lowest BCUT2D eigenvalue weighted by Crippen LogP contribution is -2.15. The molecule has 1 heterocycles. The van der Waals surface area contributed by atoms with E-state index in [1.165, 1.54) is 24.3 Å². The van der Waals surface area contributed by atoms with Gasteiger partial charge < -0.3 is 0 Å². The lowest BCUT2D eigenvalue weighted by atomic mass is 10.2. The number of hydrogen-bond donors (Lipinski definition) is 1. The molecule has 0 saturated carbocycles. The second-order valence-electron chi connectivity index (χ2n) is 4.75. The second kappa shape index (κ2) is 5.69. The van der Waals surface area contributed by atoms with Gasteiger partial charge in [-0.05, 0) is 35.9 Å². The van der Waals surface area contributed by atoms with Crippen molar-refractivity contribution in [1.82, 2.24) is 9.97 Å². The van der Waals surface area contributed by atoms with E-state index in [0.29, 0.717) is 22.3 Å². The van der Waals surface area contributed by atoms with Crippen LogP contribution in [0.4, 0.5) is 10.1 Å². The molecule has 0 spiro atoms.